The van der Waals surface area contributed by atoms with Gasteiger partial charge in [0.2, 0.25) is 0 Å². The van der Waals surface area contributed by atoms with Gasteiger partial charge in [-0.05, 0) is 40.2 Å². The molecule has 0 spiro atoms. The number of hydrogen-bond acceptors (Lipinski definition) is 2. The monoisotopic (exact) mass is 316 g/mol. The van der Waals surface area contributed by atoms with E-state index in [2.05, 4.69) is 62.4 Å². The first kappa shape index (κ1) is 16.5. The maximum absolute atomic E-state index is 2.26. The molecule has 0 aliphatic heterocycles. The van der Waals surface area contributed by atoms with Crippen LogP contribution in [0.3, 0.4) is 0 Å². The molecule has 2 heteroatoms. The summed E-state index contributed by atoms with van der Waals surface area (Å²) in [6.45, 7) is 4.44. The third-order valence-electron chi connectivity index (χ3n) is 3.33. The molecule has 0 fully saturated rings. The first-order valence-electron chi connectivity index (χ1n) is 7.67. The van der Waals surface area contributed by atoms with E-state index in [4.69, 9.17) is 0 Å². The Morgan fingerprint density at radius 3 is 1.57 bits per heavy atom. The Hall–Kier alpha value is -0.860. The van der Waals surface area contributed by atoms with Crippen molar-refractivity contribution in [2.24, 2.45) is 0 Å². The summed E-state index contributed by atoms with van der Waals surface area (Å²) < 4.78 is 0. The summed E-state index contributed by atoms with van der Waals surface area (Å²) in [6.07, 6.45) is 1.26. The average Bonchev–Trinajstić information content (AvgIpc) is 2.54. The van der Waals surface area contributed by atoms with Crippen LogP contribution in [0.4, 0.5) is 0 Å². The molecule has 0 amide bonds. The summed E-state index contributed by atoms with van der Waals surface area (Å²) in [6, 6.07) is 18.0. The average molecular weight is 317 g/mol. The summed E-state index contributed by atoms with van der Waals surface area (Å²) in [7, 11) is 0. The van der Waals surface area contributed by atoms with Crippen LogP contribution in [0.2, 0.25) is 0 Å². The maximum Gasteiger partial charge on any atom is 0.0184 e. The van der Waals surface area contributed by atoms with Crippen molar-refractivity contribution in [2.75, 3.05) is 11.5 Å². The minimum atomic E-state index is 1.12. The van der Waals surface area contributed by atoms with Crippen molar-refractivity contribution in [1.29, 1.82) is 0 Å². The molecule has 0 heterocycles. The standard InChI is InChI=1S/C19H24S2/c1-3-13-21-15-17-7-11-19(12-8-17)18-9-5-16(6-10-18)14-20-4-2/h5-12H,3-4,13-15H2,1-2H3. The van der Waals surface area contributed by atoms with Crippen LogP contribution < -0.4 is 0 Å². The molecule has 0 unspecified atom stereocenters. The third-order valence-corrected chi connectivity index (χ3v) is 5.51. The molecular formula is C19H24S2. The first-order valence-corrected chi connectivity index (χ1v) is 9.98. The summed E-state index contributed by atoms with van der Waals surface area (Å²) in [5.74, 6) is 4.67. The van der Waals surface area contributed by atoms with Gasteiger partial charge in [-0.1, -0.05) is 62.4 Å². The molecule has 0 N–H and O–H groups in total. The van der Waals surface area contributed by atoms with Crippen molar-refractivity contribution in [3.05, 3.63) is 59.7 Å². The lowest BCUT2D eigenvalue weighted by atomic mass is 10.0. The lowest BCUT2D eigenvalue weighted by Crippen LogP contribution is -1.85. The van der Waals surface area contributed by atoms with Gasteiger partial charge in [0.15, 0.2) is 0 Å². The van der Waals surface area contributed by atoms with Crippen molar-refractivity contribution in [1.82, 2.24) is 0 Å². The van der Waals surface area contributed by atoms with Gasteiger partial charge in [-0.25, -0.2) is 0 Å². The minimum Gasteiger partial charge on any atom is -0.157 e. The van der Waals surface area contributed by atoms with Gasteiger partial charge in [-0.3, -0.25) is 0 Å². The van der Waals surface area contributed by atoms with E-state index in [-0.39, 0.29) is 0 Å². The van der Waals surface area contributed by atoms with Gasteiger partial charge in [-0.15, -0.1) is 0 Å². The quantitative estimate of drug-likeness (QED) is 0.528. The van der Waals surface area contributed by atoms with Crippen LogP contribution in [-0.4, -0.2) is 11.5 Å². The van der Waals surface area contributed by atoms with Crippen LogP contribution in [0.1, 0.15) is 31.4 Å². The van der Waals surface area contributed by atoms with Gasteiger partial charge in [0.25, 0.3) is 0 Å². The van der Waals surface area contributed by atoms with Crippen LogP contribution in [0.5, 0.6) is 0 Å². The second kappa shape index (κ2) is 9.22. The Balaban J connectivity index is 1.97. The Labute approximate surface area is 137 Å². The highest BCUT2D eigenvalue weighted by Gasteiger charge is 2.00. The van der Waals surface area contributed by atoms with Crippen molar-refractivity contribution in [3.63, 3.8) is 0 Å². The topological polar surface area (TPSA) is 0 Å². The largest absolute Gasteiger partial charge is 0.157 e. The van der Waals surface area contributed by atoms with Gasteiger partial charge in [0.05, 0.1) is 0 Å². The van der Waals surface area contributed by atoms with Gasteiger partial charge < -0.3 is 0 Å². The van der Waals surface area contributed by atoms with E-state index in [1.807, 2.05) is 23.5 Å². The van der Waals surface area contributed by atoms with E-state index in [1.54, 1.807) is 0 Å². The third kappa shape index (κ3) is 5.44. The zero-order valence-corrected chi connectivity index (χ0v) is 14.6. The molecule has 0 saturated carbocycles. The number of rotatable bonds is 8. The molecule has 21 heavy (non-hydrogen) atoms. The van der Waals surface area contributed by atoms with E-state index >= 15 is 0 Å². The SMILES string of the molecule is CCCSCc1ccc(-c2ccc(CSCC)cc2)cc1. The fraction of sp³-hybridized carbons (Fsp3) is 0.368. The van der Waals surface area contributed by atoms with Crippen molar-refractivity contribution < 1.29 is 0 Å². The van der Waals surface area contributed by atoms with Crippen molar-refractivity contribution in [3.8, 4) is 11.1 Å². The molecule has 2 aromatic rings. The lowest BCUT2D eigenvalue weighted by Gasteiger charge is -2.06. The second-order valence-corrected chi connectivity index (χ2v) is 7.46. The van der Waals surface area contributed by atoms with Crippen LogP contribution in [0.15, 0.2) is 48.5 Å². The minimum absolute atomic E-state index is 1.12. The molecule has 2 rings (SSSR count). The maximum atomic E-state index is 2.26. The molecule has 0 aliphatic carbocycles. The van der Waals surface area contributed by atoms with Crippen LogP contribution in [0.25, 0.3) is 11.1 Å². The summed E-state index contributed by atoms with van der Waals surface area (Å²) in [5, 5.41) is 0. The van der Waals surface area contributed by atoms with Gasteiger partial charge in [0, 0.05) is 11.5 Å². The number of benzene rings is 2. The van der Waals surface area contributed by atoms with E-state index < -0.39 is 0 Å². The Bertz CT molecular complexity index is 514. The van der Waals surface area contributed by atoms with E-state index in [9.17, 15) is 0 Å². The molecule has 2 aromatic carbocycles. The summed E-state index contributed by atoms with van der Waals surface area (Å²) >= 11 is 3.99. The van der Waals surface area contributed by atoms with E-state index in [0.29, 0.717) is 0 Å². The highest BCUT2D eigenvalue weighted by Crippen LogP contribution is 2.23. The summed E-state index contributed by atoms with van der Waals surface area (Å²) in [4.78, 5) is 0. The smallest absolute Gasteiger partial charge is 0.0184 e. The number of thioether (sulfide) groups is 2. The van der Waals surface area contributed by atoms with Gasteiger partial charge in [-0.2, -0.15) is 23.5 Å². The second-order valence-electron chi connectivity index (χ2n) is 5.08. The van der Waals surface area contributed by atoms with Crippen LogP contribution in [0, 0.1) is 0 Å². The fourth-order valence-electron chi connectivity index (χ4n) is 2.14. The van der Waals surface area contributed by atoms with E-state index in [1.165, 1.54) is 40.2 Å². The van der Waals surface area contributed by atoms with E-state index in [0.717, 1.165) is 11.5 Å². The molecule has 0 radical (unpaired) electrons. The Morgan fingerprint density at radius 1 is 0.667 bits per heavy atom. The van der Waals surface area contributed by atoms with Gasteiger partial charge in [0.1, 0.15) is 0 Å². The van der Waals surface area contributed by atoms with Gasteiger partial charge >= 0.3 is 0 Å². The molecule has 0 atom stereocenters. The molecule has 0 aromatic heterocycles. The zero-order valence-electron chi connectivity index (χ0n) is 13.0. The highest BCUT2D eigenvalue weighted by atomic mass is 32.2. The van der Waals surface area contributed by atoms with Crippen molar-refractivity contribution >= 4 is 23.5 Å². The lowest BCUT2D eigenvalue weighted by molar-refractivity contribution is 1.10. The van der Waals surface area contributed by atoms with Crippen LogP contribution in [-0.2, 0) is 11.5 Å². The van der Waals surface area contributed by atoms with Crippen LogP contribution >= 0.6 is 23.5 Å². The predicted molar refractivity (Wildman–Crippen MR) is 100 cm³/mol. The predicted octanol–water partition coefficient (Wildman–Crippen LogP) is 6.25. The fourth-order valence-corrected chi connectivity index (χ4v) is 3.63. The Kier molecular flexibility index (Phi) is 7.25. The first-order chi connectivity index (χ1) is 10.3. The molecule has 112 valence electrons. The normalized spacial score (nSPS) is 10.8. The molecule has 0 nitrogen and oxygen atoms in total. The number of hydrogen-bond donors (Lipinski definition) is 0. The summed E-state index contributed by atoms with van der Waals surface area (Å²) in [5.41, 5.74) is 5.47. The highest BCUT2D eigenvalue weighted by molar-refractivity contribution is 7.98. The molecule has 0 saturated heterocycles. The molecule has 0 aliphatic rings. The zero-order chi connectivity index (χ0) is 14.9. The molecular weight excluding hydrogens is 292 g/mol. The molecule has 0 bridgehead atoms. The van der Waals surface area contributed by atoms with Crippen molar-refractivity contribution in [2.45, 2.75) is 31.8 Å². The Morgan fingerprint density at radius 2 is 1.14 bits per heavy atom.